The zero-order valence-electron chi connectivity index (χ0n) is 12.0. The van der Waals surface area contributed by atoms with Gasteiger partial charge in [0.25, 0.3) is 0 Å². The molecule has 3 rings (SSSR count). The predicted octanol–water partition coefficient (Wildman–Crippen LogP) is 0.356. The second-order valence-corrected chi connectivity index (χ2v) is 5.93. The van der Waals surface area contributed by atoms with Gasteiger partial charge in [-0.15, -0.1) is 5.10 Å². The Hall–Kier alpha value is -1.50. The topological polar surface area (TPSA) is 75.9 Å². The molecule has 1 aliphatic heterocycles. The molecule has 2 fully saturated rings. The van der Waals surface area contributed by atoms with Crippen LogP contribution in [0.5, 0.6) is 0 Å². The fraction of sp³-hybridized carbons (Fsp3) is 0.846. The summed E-state index contributed by atoms with van der Waals surface area (Å²) >= 11 is 0. The van der Waals surface area contributed by atoms with E-state index in [1.54, 1.807) is 6.92 Å². The molecule has 0 radical (unpaired) electrons. The van der Waals surface area contributed by atoms with E-state index < -0.39 is 0 Å². The van der Waals surface area contributed by atoms with Crippen molar-refractivity contribution in [1.29, 1.82) is 0 Å². The first-order valence-electron chi connectivity index (χ1n) is 7.46. The monoisotopic (exact) mass is 278 g/mol. The Morgan fingerprint density at radius 2 is 2.05 bits per heavy atom. The third kappa shape index (κ3) is 3.33. The molecule has 7 heteroatoms. The number of carbonyl (C=O) groups excluding carboxylic acids is 1. The molecule has 1 saturated carbocycles. The van der Waals surface area contributed by atoms with Crippen molar-refractivity contribution in [1.82, 2.24) is 30.4 Å². The number of piperidine rings is 1. The van der Waals surface area contributed by atoms with Crippen LogP contribution in [0, 0.1) is 5.92 Å². The summed E-state index contributed by atoms with van der Waals surface area (Å²) in [5.74, 6) is 1.67. The minimum atomic E-state index is 0.0658. The number of carbonyl (C=O) groups is 1. The molecule has 2 heterocycles. The van der Waals surface area contributed by atoms with Gasteiger partial charge >= 0.3 is 0 Å². The lowest BCUT2D eigenvalue weighted by Gasteiger charge is -2.31. The summed E-state index contributed by atoms with van der Waals surface area (Å²) < 4.78 is 1.99. The molecule has 0 unspecified atom stereocenters. The molecule has 1 saturated heterocycles. The Morgan fingerprint density at radius 1 is 1.30 bits per heavy atom. The lowest BCUT2D eigenvalue weighted by molar-refractivity contribution is -0.119. The van der Waals surface area contributed by atoms with E-state index in [0.717, 1.165) is 44.8 Å². The van der Waals surface area contributed by atoms with E-state index in [9.17, 15) is 4.79 Å². The number of hydrogen-bond donors (Lipinski definition) is 1. The molecule has 2 aliphatic rings. The van der Waals surface area contributed by atoms with Gasteiger partial charge in [0.1, 0.15) is 0 Å². The summed E-state index contributed by atoms with van der Waals surface area (Å²) in [7, 11) is 0. The standard InChI is InChI=1S/C13H22N6O/c1-10(20)14-8-11-4-6-18(7-5-11)9-13-15-16-17-19(13)12-2-3-12/h11-12H,2-9H2,1H3,(H,14,20). The maximum Gasteiger partial charge on any atom is 0.216 e. The van der Waals surface area contributed by atoms with E-state index >= 15 is 0 Å². The zero-order chi connectivity index (χ0) is 13.9. The van der Waals surface area contributed by atoms with Crippen molar-refractivity contribution in [2.75, 3.05) is 19.6 Å². The van der Waals surface area contributed by atoms with Crippen LogP contribution in [-0.4, -0.2) is 50.6 Å². The second kappa shape index (κ2) is 5.87. The third-order valence-electron chi connectivity index (χ3n) is 4.17. The average Bonchev–Trinajstić information content (AvgIpc) is 3.18. The summed E-state index contributed by atoms with van der Waals surface area (Å²) in [5.41, 5.74) is 0. The zero-order valence-corrected chi connectivity index (χ0v) is 12.0. The molecule has 1 N–H and O–H groups in total. The second-order valence-electron chi connectivity index (χ2n) is 5.93. The summed E-state index contributed by atoms with van der Waals surface area (Å²) in [6, 6.07) is 0.539. The maximum absolute atomic E-state index is 10.9. The van der Waals surface area contributed by atoms with E-state index in [0.29, 0.717) is 12.0 Å². The highest BCUT2D eigenvalue weighted by Crippen LogP contribution is 2.34. The maximum atomic E-state index is 10.9. The Balaban J connectivity index is 1.46. The number of aromatic nitrogens is 4. The molecule has 0 atom stereocenters. The van der Waals surface area contributed by atoms with Crippen LogP contribution in [0.2, 0.25) is 0 Å². The number of nitrogens with one attached hydrogen (secondary N) is 1. The van der Waals surface area contributed by atoms with Crippen molar-refractivity contribution in [2.45, 2.75) is 45.2 Å². The third-order valence-corrected chi connectivity index (χ3v) is 4.17. The van der Waals surface area contributed by atoms with Crippen LogP contribution in [0.3, 0.4) is 0 Å². The van der Waals surface area contributed by atoms with Crippen molar-refractivity contribution >= 4 is 5.91 Å². The molecule has 1 aliphatic carbocycles. The van der Waals surface area contributed by atoms with Gasteiger partial charge < -0.3 is 5.32 Å². The Morgan fingerprint density at radius 3 is 2.70 bits per heavy atom. The number of tetrazole rings is 1. The number of likely N-dealkylation sites (tertiary alicyclic amines) is 1. The number of amides is 1. The lowest BCUT2D eigenvalue weighted by Crippen LogP contribution is -2.38. The lowest BCUT2D eigenvalue weighted by atomic mass is 9.97. The van der Waals surface area contributed by atoms with Crippen LogP contribution in [-0.2, 0) is 11.3 Å². The van der Waals surface area contributed by atoms with Crippen LogP contribution in [0.4, 0.5) is 0 Å². The van der Waals surface area contributed by atoms with E-state index in [4.69, 9.17) is 0 Å². The van der Waals surface area contributed by atoms with Gasteiger partial charge in [-0.1, -0.05) is 0 Å². The molecule has 0 bridgehead atoms. The molecule has 1 aromatic rings. The van der Waals surface area contributed by atoms with Gasteiger partial charge in [0.15, 0.2) is 5.82 Å². The molecule has 7 nitrogen and oxygen atoms in total. The van der Waals surface area contributed by atoms with Gasteiger partial charge in [-0.3, -0.25) is 9.69 Å². The Labute approximate surface area is 118 Å². The van der Waals surface area contributed by atoms with E-state index in [1.807, 2.05) is 4.68 Å². The van der Waals surface area contributed by atoms with Gasteiger partial charge in [0, 0.05) is 13.5 Å². The highest BCUT2D eigenvalue weighted by molar-refractivity contribution is 5.72. The normalized spacial score (nSPS) is 21.1. The van der Waals surface area contributed by atoms with Crippen molar-refractivity contribution in [3.8, 4) is 0 Å². The average molecular weight is 278 g/mol. The fourth-order valence-corrected chi connectivity index (χ4v) is 2.76. The highest BCUT2D eigenvalue weighted by Gasteiger charge is 2.29. The summed E-state index contributed by atoms with van der Waals surface area (Å²) in [4.78, 5) is 13.3. The molecule has 0 spiro atoms. The Kier molecular flexibility index (Phi) is 3.95. The van der Waals surface area contributed by atoms with Crippen molar-refractivity contribution < 1.29 is 4.79 Å². The smallest absolute Gasteiger partial charge is 0.216 e. The van der Waals surface area contributed by atoms with Crippen LogP contribution in [0.1, 0.15) is 44.5 Å². The van der Waals surface area contributed by atoms with Crippen LogP contribution in [0.25, 0.3) is 0 Å². The van der Waals surface area contributed by atoms with Gasteiger partial charge in [0.2, 0.25) is 5.91 Å². The number of hydrogen-bond acceptors (Lipinski definition) is 5. The first-order valence-corrected chi connectivity index (χ1v) is 7.46. The van der Waals surface area contributed by atoms with Crippen LogP contribution >= 0.6 is 0 Å². The summed E-state index contributed by atoms with van der Waals surface area (Å²) in [6.07, 6.45) is 4.67. The number of nitrogens with zero attached hydrogens (tertiary/aromatic N) is 5. The molecular formula is C13H22N6O. The van der Waals surface area contributed by atoms with E-state index in [1.165, 1.54) is 12.8 Å². The molecule has 0 aromatic carbocycles. The number of rotatable bonds is 5. The van der Waals surface area contributed by atoms with Crippen LogP contribution < -0.4 is 5.32 Å². The first-order chi connectivity index (χ1) is 9.72. The van der Waals surface area contributed by atoms with E-state index in [-0.39, 0.29) is 5.91 Å². The summed E-state index contributed by atoms with van der Waals surface area (Å²) in [5, 5.41) is 15.0. The van der Waals surface area contributed by atoms with E-state index in [2.05, 4.69) is 25.7 Å². The highest BCUT2D eigenvalue weighted by atomic mass is 16.1. The van der Waals surface area contributed by atoms with Gasteiger partial charge in [-0.05, 0) is 55.1 Å². The molecule has 1 aromatic heterocycles. The quantitative estimate of drug-likeness (QED) is 0.841. The van der Waals surface area contributed by atoms with Crippen molar-refractivity contribution in [2.24, 2.45) is 5.92 Å². The predicted molar refractivity (Wildman–Crippen MR) is 72.8 cm³/mol. The Bertz CT molecular complexity index is 461. The van der Waals surface area contributed by atoms with Crippen LogP contribution in [0.15, 0.2) is 0 Å². The van der Waals surface area contributed by atoms with Crippen molar-refractivity contribution in [3.05, 3.63) is 5.82 Å². The van der Waals surface area contributed by atoms with Gasteiger partial charge in [0.05, 0.1) is 12.6 Å². The fourth-order valence-electron chi connectivity index (χ4n) is 2.76. The summed E-state index contributed by atoms with van der Waals surface area (Å²) in [6.45, 7) is 5.34. The molecule has 1 amide bonds. The molecule has 110 valence electrons. The van der Waals surface area contributed by atoms with Crippen molar-refractivity contribution in [3.63, 3.8) is 0 Å². The first kappa shape index (κ1) is 13.5. The SMILES string of the molecule is CC(=O)NCC1CCN(Cc2nnnn2C2CC2)CC1. The minimum Gasteiger partial charge on any atom is -0.356 e. The molecular weight excluding hydrogens is 256 g/mol. The van der Waals surface area contributed by atoms with Gasteiger partial charge in [-0.25, -0.2) is 4.68 Å². The molecule has 20 heavy (non-hydrogen) atoms. The minimum absolute atomic E-state index is 0.0658. The van der Waals surface area contributed by atoms with Gasteiger partial charge in [-0.2, -0.15) is 0 Å². The largest absolute Gasteiger partial charge is 0.356 e.